The molecular formula is C15H30N2O. The summed E-state index contributed by atoms with van der Waals surface area (Å²) < 4.78 is 5.85. The second-order valence-electron chi connectivity index (χ2n) is 6.54. The number of likely N-dealkylation sites (tertiary alicyclic amines) is 1. The molecule has 3 heteroatoms. The molecule has 2 fully saturated rings. The van der Waals surface area contributed by atoms with Gasteiger partial charge < -0.3 is 15.0 Å². The molecule has 0 aromatic heterocycles. The van der Waals surface area contributed by atoms with Gasteiger partial charge in [0.2, 0.25) is 0 Å². The summed E-state index contributed by atoms with van der Waals surface area (Å²) >= 11 is 0. The third-order valence-electron chi connectivity index (χ3n) is 4.56. The minimum atomic E-state index is 0.101. The van der Waals surface area contributed by atoms with Crippen molar-refractivity contribution < 1.29 is 4.74 Å². The SMILES string of the molecule is CC(C)N1CCCC(NCC2(C)CCCO2)CC1. The summed E-state index contributed by atoms with van der Waals surface area (Å²) in [5, 5.41) is 3.75. The predicted octanol–water partition coefficient (Wildman–Crippen LogP) is 2.41. The van der Waals surface area contributed by atoms with Gasteiger partial charge >= 0.3 is 0 Å². The van der Waals surface area contributed by atoms with Crippen molar-refractivity contribution in [2.24, 2.45) is 0 Å². The van der Waals surface area contributed by atoms with Crippen molar-refractivity contribution in [1.82, 2.24) is 10.2 Å². The Morgan fingerprint density at radius 1 is 1.28 bits per heavy atom. The molecule has 18 heavy (non-hydrogen) atoms. The molecular weight excluding hydrogens is 224 g/mol. The topological polar surface area (TPSA) is 24.5 Å². The molecule has 1 N–H and O–H groups in total. The average Bonchev–Trinajstić information content (AvgIpc) is 2.64. The molecule has 0 spiro atoms. The van der Waals surface area contributed by atoms with Crippen molar-refractivity contribution in [2.45, 2.75) is 70.6 Å². The van der Waals surface area contributed by atoms with Gasteiger partial charge in [0, 0.05) is 25.2 Å². The van der Waals surface area contributed by atoms with E-state index in [1.807, 2.05) is 0 Å². The van der Waals surface area contributed by atoms with E-state index in [0.29, 0.717) is 12.1 Å². The second kappa shape index (κ2) is 6.36. The molecule has 3 nitrogen and oxygen atoms in total. The van der Waals surface area contributed by atoms with Gasteiger partial charge in [-0.25, -0.2) is 0 Å². The highest BCUT2D eigenvalue weighted by molar-refractivity contribution is 4.85. The molecule has 0 aliphatic carbocycles. The van der Waals surface area contributed by atoms with Gasteiger partial charge in [0.1, 0.15) is 0 Å². The van der Waals surface area contributed by atoms with Crippen LogP contribution >= 0.6 is 0 Å². The highest BCUT2D eigenvalue weighted by Crippen LogP contribution is 2.24. The maximum Gasteiger partial charge on any atom is 0.0779 e. The Morgan fingerprint density at radius 3 is 2.78 bits per heavy atom. The smallest absolute Gasteiger partial charge is 0.0779 e. The molecule has 2 heterocycles. The zero-order valence-corrected chi connectivity index (χ0v) is 12.4. The standard InChI is InChI=1S/C15H30N2O/c1-13(2)17-9-4-6-14(7-10-17)16-12-15(3)8-5-11-18-15/h13-14,16H,4-12H2,1-3H3. The van der Waals surface area contributed by atoms with Crippen LogP contribution in [-0.4, -0.2) is 48.8 Å². The van der Waals surface area contributed by atoms with Crippen LogP contribution in [0.25, 0.3) is 0 Å². The highest BCUT2D eigenvalue weighted by atomic mass is 16.5. The Balaban J connectivity index is 1.73. The third-order valence-corrected chi connectivity index (χ3v) is 4.56. The maximum atomic E-state index is 5.85. The fraction of sp³-hybridized carbons (Fsp3) is 1.00. The number of hydrogen-bond acceptors (Lipinski definition) is 3. The van der Waals surface area contributed by atoms with Gasteiger partial charge in [-0.15, -0.1) is 0 Å². The summed E-state index contributed by atoms with van der Waals surface area (Å²) in [5.41, 5.74) is 0.101. The highest BCUT2D eigenvalue weighted by Gasteiger charge is 2.30. The van der Waals surface area contributed by atoms with Gasteiger partial charge in [0.05, 0.1) is 5.60 Å². The molecule has 0 saturated carbocycles. The Hall–Kier alpha value is -0.120. The van der Waals surface area contributed by atoms with E-state index in [0.717, 1.165) is 13.2 Å². The van der Waals surface area contributed by atoms with Crippen LogP contribution in [0.1, 0.15) is 52.9 Å². The van der Waals surface area contributed by atoms with Crippen molar-refractivity contribution in [1.29, 1.82) is 0 Å². The van der Waals surface area contributed by atoms with E-state index in [2.05, 4.69) is 31.0 Å². The first-order valence-corrected chi connectivity index (χ1v) is 7.70. The number of nitrogens with one attached hydrogen (secondary N) is 1. The van der Waals surface area contributed by atoms with Crippen molar-refractivity contribution in [3.8, 4) is 0 Å². The lowest BCUT2D eigenvalue weighted by Gasteiger charge is -2.27. The van der Waals surface area contributed by atoms with Crippen LogP contribution in [0.5, 0.6) is 0 Å². The molecule has 2 aliphatic rings. The molecule has 2 rings (SSSR count). The first-order chi connectivity index (χ1) is 8.59. The molecule has 0 radical (unpaired) electrons. The number of rotatable bonds is 4. The lowest BCUT2D eigenvalue weighted by atomic mass is 10.0. The first-order valence-electron chi connectivity index (χ1n) is 7.70. The minimum Gasteiger partial charge on any atom is -0.374 e. The molecule has 0 amide bonds. The van der Waals surface area contributed by atoms with Gasteiger partial charge in [-0.05, 0) is 66.0 Å². The van der Waals surface area contributed by atoms with E-state index in [1.54, 1.807) is 0 Å². The van der Waals surface area contributed by atoms with Gasteiger partial charge in [-0.3, -0.25) is 0 Å². The van der Waals surface area contributed by atoms with Crippen LogP contribution in [0, 0.1) is 0 Å². The van der Waals surface area contributed by atoms with Crippen molar-refractivity contribution in [2.75, 3.05) is 26.2 Å². The van der Waals surface area contributed by atoms with Crippen LogP contribution in [-0.2, 0) is 4.74 Å². The lowest BCUT2D eigenvalue weighted by molar-refractivity contribution is 0.0183. The van der Waals surface area contributed by atoms with Gasteiger partial charge in [-0.2, -0.15) is 0 Å². The van der Waals surface area contributed by atoms with Crippen LogP contribution in [0.2, 0.25) is 0 Å². The van der Waals surface area contributed by atoms with E-state index in [1.165, 1.54) is 45.2 Å². The van der Waals surface area contributed by atoms with Crippen LogP contribution in [0.4, 0.5) is 0 Å². The van der Waals surface area contributed by atoms with Crippen LogP contribution in [0.3, 0.4) is 0 Å². The Bertz CT molecular complexity index is 249. The number of nitrogens with zero attached hydrogens (tertiary/aromatic N) is 1. The first kappa shape index (κ1) is 14.3. The summed E-state index contributed by atoms with van der Waals surface area (Å²) in [6, 6.07) is 1.38. The van der Waals surface area contributed by atoms with Crippen LogP contribution in [0.15, 0.2) is 0 Å². The summed E-state index contributed by atoms with van der Waals surface area (Å²) in [6.07, 6.45) is 6.37. The van der Waals surface area contributed by atoms with Gasteiger partial charge in [0.15, 0.2) is 0 Å². The molecule has 2 unspecified atom stereocenters. The molecule has 0 bridgehead atoms. The summed E-state index contributed by atoms with van der Waals surface area (Å²) in [5.74, 6) is 0. The minimum absolute atomic E-state index is 0.101. The molecule has 2 aliphatic heterocycles. The number of hydrogen-bond donors (Lipinski definition) is 1. The maximum absolute atomic E-state index is 5.85. The van der Waals surface area contributed by atoms with Crippen molar-refractivity contribution in [3.63, 3.8) is 0 Å². The van der Waals surface area contributed by atoms with Gasteiger partial charge in [0.25, 0.3) is 0 Å². The Morgan fingerprint density at radius 2 is 2.11 bits per heavy atom. The van der Waals surface area contributed by atoms with Crippen molar-refractivity contribution in [3.05, 3.63) is 0 Å². The van der Waals surface area contributed by atoms with E-state index in [9.17, 15) is 0 Å². The van der Waals surface area contributed by atoms with E-state index in [4.69, 9.17) is 4.74 Å². The lowest BCUT2D eigenvalue weighted by Crippen LogP contribution is -2.42. The monoisotopic (exact) mass is 254 g/mol. The van der Waals surface area contributed by atoms with E-state index < -0.39 is 0 Å². The van der Waals surface area contributed by atoms with Crippen LogP contribution < -0.4 is 5.32 Å². The molecule has 0 aromatic rings. The number of ether oxygens (including phenoxy) is 1. The average molecular weight is 254 g/mol. The fourth-order valence-corrected chi connectivity index (χ4v) is 3.18. The second-order valence-corrected chi connectivity index (χ2v) is 6.54. The summed E-state index contributed by atoms with van der Waals surface area (Å²) in [7, 11) is 0. The predicted molar refractivity (Wildman–Crippen MR) is 75.9 cm³/mol. The van der Waals surface area contributed by atoms with Crippen molar-refractivity contribution >= 4 is 0 Å². The fourth-order valence-electron chi connectivity index (χ4n) is 3.18. The molecule has 106 valence electrons. The zero-order valence-electron chi connectivity index (χ0n) is 12.4. The van der Waals surface area contributed by atoms with Gasteiger partial charge in [-0.1, -0.05) is 0 Å². The zero-order chi connectivity index (χ0) is 13.0. The third kappa shape index (κ3) is 3.94. The summed E-state index contributed by atoms with van der Waals surface area (Å²) in [4.78, 5) is 2.61. The molecule has 0 aromatic carbocycles. The Labute approximate surface area is 112 Å². The van der Waals surface area contributed by atoms with E-state index >= 15 is 0 Å². The Kier molecular flexibility index (Phi) is 5.05. The molecule has 2 saturated heterocycles. The van der Waals surface area contributed by atoms with E-state index in [-0.39, 0.29) is 5.60 Å². The quantitative estimate of drug-likeness (QED) is 0.834. The summed E-state index contributed by atoms with van der Waals surface area (Å²) in [6.45, 7) is 11.4. The normalized spacial score (nSPS) is 35.0. The molecule has 2 atom stereocenters. The largest absolute Gasteiger partial charge is 0.374 e.